The number of aliphatic hydroxyl groups is 1. The lowest BCUT2D eigenvalue weighted by atomic mass is 10.1. The number of ether oxygens (including phenoxy) is 1. The van der Waals surface area contributed by atoms with Gasteiger partial charge in [0, 0.05) is 18.4 Å². The number of nitrogens with zero attached hydrogens (tertiary/aromatic N) is 1. The summed E-state index contributed by atoms with van der Waals surface area (Å²) in [5, 5.41) is 12.8. The second-order valence-corrected chi connectivity index (χ2v) is 4.59. The monoisotopic (exact) mass is 252 g/mol. The van der Waals surface area contributed by atoms with Crippen LogP contribution in [0.25, 0.3) is 0 Å². The predicted octanol–water partition coefficient (Wildman–Crippen LogP) is 1.69. The van der Waals surface area contributed by atoms with Gasteiger partial charge >= 0.3 is 5.97 Å². The van der Waals surface area contributed by atoms with Gasteiger partial charge in [0.05, 0.1) is 13.2 Å². The van der Waals surface area contributed by atoms with Crippen LogP contribution in [0.3, 0.4) is 0 Å². The highest BCUT2D eigenvalue weighted by Crippen LogP contribution is 2.10. The quantitative estimate of drug-likeness (QED) is 0.754. The molecule has 0 radical (unpaired) electrons. The first-order chi connectivity index (χ1) is 8.52. The van der Waals surface area contributed by atoms with E-state index < -0.39 is 12.1 Å². The van der Waals surface area contributed by atoms with Crippen LogP contribution in [0.1, 0.15) is 30.8 Å². The summed E-state index contributed by atoms with van der Waals surface area (Å²) in [5.74, 6) is -0.0220. The van der Waals surface area contributed by atoms with Gasteiger partial charge in [-0.25, -0.2) is 9.78 Å². The fraction of sp³-hybridized carbons (Fsp3) is 0.538. The molecule has 0 amide bonds. The van der Waals surface area contributed by atoms with E-state index in [0.717, 1.165) is 12.1 Å². The third-order valence-electron chi connectivity index (χ3n) is 2.44. The van der Waals surface area contributed by atoms with Gasteiger partial charge in [-0.3, -0.25) is 0 Å². The van der Waals surface area contributed by atoms with E-state index in [-0.39, 0.29) is 5.69 Å². The van der Waals surface area contributed by atoms with Crippen LogP contribution in [-0.2, 0) is 4.74 Å². The van der Waals surface area contributed by atoms with E-state index in [1.807, 2.05) is 0 Å². The maximum Gasteiger partial charge on any atom is 0.356 e. The van der Waals surface area contributed by atoms with Gasteiger partial charge in [-0.15, -0.1) is 0 Å². The number of carbonyl (C=O) groups is 1. The van der Waals surface area contributed by atoms with Crippen LogP contribution in [0.2, 0.25) is 0 Å². The van der Waals surface area contributed by atoms with Gasteiger partial charge in [0.25, 0.3) is 0 Å². The molecule has 1 aromatic heterocycles. The van der Waals surface area contributed by atoms with Gasteiger partial charge in [0.2, 0.25) is 0 Å². The van der Waals surface area contributed by atoms with Crippen LogP contribution >= 0.6 is 0 Å². The van der Waals surface area contributed by atoms with E-state index >= 15 is 0 Å². The van der Waals surface area contributed by atoms with Gasteiger partial charge in [-0.1, -0.05) is 13.8 Å². The Balaban J connectivity index is 2.55. The Labute approximate surface area is 107 Å². The van der Waals surface area contributed by atoms with E-state index in [2.05, 4.69) is 28.9 Å². The first-order valence-electron chi connectivity index (χ1n) is 5.99. The smallest absolute Gasteiger partial charge is 0.356 e. The van der Waals surface area contributed by atoms with Crippen molar-refractivity contribution in [2.24, 2.45) is 5.92 Å². The van der Waals surface area contributed by atoms with Crippen molar-refractivity contribution in [3.8, 4) is 0 Å². The number of rotatable bonds is 6. The molecule has 0 bridgehead atoms. The molecule has 0 aliphatic carbocycles. The second-order valence-electron chi connectivity index (χ2n) is 4.59. The molecule has 0 aliphatic heterocycles. The molecule has 18 heavy (non-hydrogen) atoms. The lowest BCUT2D eigenvalue weighted by Gasteiger charge is -2.14. The molecule has 5 heteroatoms. The van der Waals surface area contributed by atoms with Crippen molar-refractivity contribution in [2.45, 2.75) is 26.4 Å². The highest BCUT2D eigenvalue weighted by atomic mass is 16.5. The Hall–Kier alpha value is -1.62. The molecular formula is C13H20N2O3. The highest BCUT2D eigenvalue weighted by molar-refractivity contribution is 5.88. The number of pyridine rings is 1. The normalized spacial score (nSPS) is 12.3. The SMILES string of the molecule is COC(=O)c1cc(NCC(O)CC(C)C)ccn1. The molecule has 0 aliphatic rings. The average Bonchev–Trinajstić information content (AvgIpc) is 2.35. The van der Waals surface area contributed by atoms with Crippen LogP contribution in [-0.4, -0.2) is 35.8 Å². The average molecular weight is 252 g/mol. The van der Waals surface area contributed by atoms with Crippen LogP contribution in [0.5, 0.6) is 0 Å². The minimum absolute atomic E-state index is 0.251. The molecule has 0 saturated carbocycles. The van der Waals surface area contributed by atoms with Crippen molar-refractivity contribution >= 4 is 11.7 Å². The minimum Gasteiger partial charge on any atom is -0.464 e. The molecular weight excluding hydrogens is 232 g/mol. The van der Waals surface area contributed by atoms with Crippen molar-refractivity contribution in [2.75, 3.05) is 19.0 Å². The molecule has 0 fully saturated rings. The van der Waals surface area contributed by atoms with Crippen molar-refractivity contribution in [1.82, 2.24) is 4.98 Å². The van der Waals surface area contributed by atoms with Crippen LogP contribution in [0.15, 0.2) is 18.3 Å². The molecule has 0 aromatic carbocycles. The molecule has 2 N–H and O–H groups in total. The van der Waals surface area contributed by atoms with E-state index in [1.165, 1.54) is 13.3 Å². The summed E-state index contributed by atoms with van der Waals surface area (Å²) in [4.78, 5) is 15.2. The van der Waals surface area contributed by atoms with E-state index in [4.69, 9.17) is 0 Å². The highest BCUT2D eigenvalue weighted by Gasteiger charge is 2.09. The Morgan fingerprint density at radius 3 is 2.89 bits per heavy atom. The lowest BCUT2D eigenvalue weighted by Crippen LogP contribution is -2.21. The number of anilines is 1. The lowest BCUT2D eigenvalue weighted by molar-refractivity contribution is 0.0594. The summed E-state index contributed by atoms with van der Waals surface area (Å²) < 4.78 is 4.59. The fourth-order valence-electron chi connectivity index (χ4n) is 1.62. The van der Waals surface area contributed by atoms with Crippen molar-refractivity contribution < 1.29 is 14.6 Å². The molecule has 1 rings (SSSR count). The zero-order valence-electron chi connectivity index (χ0n) is 11.0. The molecule has 1 unspecified atom stereocenters. The molecule has 100 valence electrons. The van der Waals surface area contributed by atoms with Gasteiger partial charge in [-0.05, 0) is 24.5 Å². The third kappa shape index (κ3) is 4.71. The number of hydrogen-bond acceptors (Lipinski definition) is 5. The first kappa shape index (κ1) is 14.4. The molecule has 1 atom stereocenters. The van der Waals surface area contributed by atoms with Crippen LogP contribution < -0.4 is 5.32 Å². The maximum atomic E-state index is 11.3. The van der Waals surface area contributed by atoms with Gasteiger partial charge < -0.3 is 15.2 Å². The molecule has 0 saturated heterocycles. The van der Waals surface area contributed by atoms with E-state index in [0.29, 0.717) is 12.5 Å². The molecule has 1 aromatic rings. The molecule has 5 nitrogen and oxygen atoms in total. The minimum atomic E-state index is -0.471. The summed E-state index contributed by atoms with van der Waals surface area (Å²) in [5.41, 5.74) is 0.994. The zero-order valence-corrected chi connectivity index (χ0v) is 11.0. The summed E-state index contributed by atoms with van der Waals surface area (Å²) in [6, 6.07) is 3.35. The third-order valence-corrected chi connectivity index (χ3v) is 2.44. The zero-order chi connectivity index (χ0) is 13.5. The van der Waals surface area contributed by atoms with Gasteiger partial charge in [-0.2, -0.15) is 0 Å². The topological polar surface area (TPSA) is 71.5 Å². The largest absolute Gasteiger partial charge is 0.464 e. The summed E-state index contributed by atoms with van der Waals surface area (Å²) in [7, 11) is 1.32. The fourth-order valence-corrected chi connectivity index (χ4v) is 1.62. The Morgan fingerprint density at radius 2 is 2.28 bits per heavy atom. The van der Waals surface area contributed by atoms with Crippen molar-refractivity contribution in [3.05, 3.63) is 24.0 Å². The van der Waals surface area contributed by atoms with Crippen molar-refractivity contribution in [1.29, 1.82) is 0 Å². The number of carbonyl (C=O) groups excluding carboxylic acids is 1. The van der Waals surface area contributed by atoms with E-state index in [9.17, 15) is 9.90 Å². The first-order valence-corrected chi connectivity index (χ1v) is 5.99. The van der Waals surface area contributed by atoms with E-state index in [1.54, 1.807) is 12.1 Å². The molecule has 0 spiro atoms. The standard InChI is InChI=1S/C13H20N2O3/c1-9(2)6-11(16)8-15-10-4-5-14-12(7-10)13(17)18-3/h4-5,7,9,11,16H,6,8H2,1-3H3,(H,14,15). The second kappa shape index (κ2) is 6.96. The van der Waals surface area contributed by atoms with Crippen LogP contribution in [0, 0.1) is 5.92 Å². The molecule has 1 heterocycles. The number of aromatic nitrogens is 1. The Bertz CT molecular complexity index is 394. The number of methoxy groups -OCH3 is 1. The predicted molar refractivity (Wildman–Crippen MR) is 69.5 cm³/mol. The summed E-state index contributed by atoms with van der Waals surface area (Å²) >= 11 is 0. The number of nitrogens with one attached hydrogen (secondary N) is 1. The maximum absolute atomic E-state index is 11.3. The number of aliphatic hydroxyl groups excluding tert-OH is 1. The van der Waals surface area contributed by atoms with Crippen LogP contribution in [0.4, 0.5) is 5.69 Å². The van der Waals surface area contributed by atoms with Gasteiger partial charge in [0.15, 0.2) is 0 Å². The van der Waals surface area contributed by atoms with Gasteiger partial charge in [0.1, 0.15) is 5.69 Å². The Kier molecular flexibility index (Phi) is 5.58. The number of esters is 1. The Morgan fingerprint density at radius 1 is 1.56 bits per heavy atom. The summed E-state index contributed by atoms with van der Waals surface area (Å²) in [6.45, 7) is 4.57. The van der Waals surface area contributed by atoms with Crippen molar-refractivity contribution in [3.63, 3.8) is 0 Å². The summed E-state index contributed by atoms with van der Waals surface area (Å²) in [6.07, 6.45) is 1.87. The number of hydrogen-bond donors (Lipinski definition) is 2.